The van der Waals surface area contributed by atoms with Crippen molar-refractivity contribution in [3.63, 3.8) is 0 Å². The summed E-state index contributed by atoms with van der Waals surface area (Å²) in [7, 11) is 0. The third kappa shape index (κ3) is 2.30. The average molecular weight is 238 g/mol. The molecule has 0 unspecified atom stereocenters. The number of hydrogen-bond donors (Lipinski definition) is 2. The lowest BCUT2D eigenvalue weighted by Gasteiger charge is -2.04. The first kappa shape index (κ1) is 12.0. The molecule has 1 rings (SSSR count). The van der Waals surface area contributed by atoms with Gasteiger partial charge in [-0.3, -0.25) is 10.1 Å². The van der Waals surface area contributed by atoms with E-state index in [1.54, 1.807) is 0 Å². The summed E-state index contributed by atoms with van der Waals surface area (Å²) in [4.78, 5) is 21.0. The van der Waals surface area contributed by atoms with Crippen LogP contribution < -0.4 is 5.32 Å². The highest BCUT2D eigenvalue weighted by Crippen LogP contribution is 2.22. The maximum absolute atomic E-state index is 11.8. The largest absolute Gasteiger partial charge is 0.476 e. The van der Waals surface area contributed by atoms with Gasteiger partial charge in [0.15, 0.2) is 5.69 Å². The van der Waals surface area contributed by atoms with E-state index in [9.17, 15) is 22.8 Å². The Morgan fingerprint density at radius 1 is 1.44 bits per heavy atom. The molecule has 0 spiro atoms. The van der Waals surface area contributed by atoms with E-state index >= 15 is 0 Å². The molecule has 1 amide bonds. The van der Waals surface area contributed by atoms with Crippen LogP contribution in [0.15, 0.2) is 4.52 Å². The topological polar surface area (TPSA) is 92.4 Å². The molecule has 2 N–H and O–H groups in total. The smallest absolute Gasteiger partial charge is 0.471 e. The van der Waals surface area contributed by atoms with E-state index < -0.39 is 29.6 Å². The predicted octanol–water partition coefficient (Wildman–Crippen LogP) is 1.18. The number of carbonyl (C=O) groups is 2. The number of carboxylic acids is 1. The Bertz CT molecular complexity index is 437. The second-order valence-electron chi connectivity index (χ2n) is 2.74. The minimum Gasteiger partial charge on any atom is -0.476 e. The van der Waals surface area contributed by atoms with Gasteiger partial charge >= 0.3 is 18.1 Å². The van der Waals surface area contributed by atoms with Gasteiger partial charge < -0.3 is 9.63 Å². The van der Waals surface area contributed by atoms with Gasteiger partial charge in [0.05, 0.1) is 0 Å². The minimum atomic E-state index is -5.08. The first-order valence-electron chi connectivity index (χ1n) is 3.81. The number of aromatic nitrogens is 1. The summed E-state index contributed by atoms with van der Waals surface area (Å²) in [5.41, 5.74) is -0.748. The van der Waals surface area contributed by atoms with Crippen molar-refractivity contribution in [1.82, 2.24) is 5.16 Å². The Morgan fingerprint density at radius 3 is 2.38 bits per heavy atom. The van der Waals surface area contributed by atoms with Crippen LogP contribution in [0, 0.1) is 6.92 Å². The van der Waals surface area contributed by atoms with Crippen molar-refractivity contribution in [2.45, 2.75) is 13.1 Å². The van der Waals surface area contributed by atoms with Gasteiger partial charge in [-0.1, -0.05) is 5.16 Å². The molecule has 16 heavy (non-hydrogen) atoms. The highest BCUT2D eigenvalue weighted by Gasteiger charge is 2.39. The molecule has 6 nitrogen and oxygen atoms in total. The Balaban J connectivity index is 2.92. The molecule has 1 heterocycles. The zero-order valence-electron chi connectivity index (χ0n) is 7.75. The van der Waals surface area contributed by atoms with E-state index in [1.807, 2.05) is 0 Å². The van der Waals surface area contributed by atoms with Gasteiger partial charge in [0, 0.05) is 5.56 Å². The predicted molar refractivity (Wildman–Crippen MR) is 42.9 cm³/mol. The summed E-state index contributed by atoms with van der Waals surface area (Å²) in [6.45, 7) is 1.16. The number of alkyl halides is 3. The van der Waals surface area contributed by atoms with E-state index in [4.69, 9.17) is 5.11 Å². The van der Waals surface area contributed by atoms with Crippen LogP contribution >= 0.6 is 0 Å². The molecule has 0 atom stereocenters. The lowest BCUT2D eigenvalue weighted by Crippen LogP contribution is -2.30. The summed E-state index contributed by atoms with van der Waals surface area (Å²) in [5, 5.41) is 12.9. The number of amides is 1. The number of nitrogens with one attached hydrogen (secondary N) is 1. The molecule has 1 aromatic heterocycles. The summed E-state index contributed by atoms with van der Waals surface area (Å²) in [6.07, 6.45) is -5.08. The van der Waals surface area contributed by atoms with Crippen molar-refractivity contribution in [2.24, 2.45) is 0 Å². The quantitative estimate of drug-likeness (QED) is 0.806. The van der Waals surface area contributed by atoms with E-state index in [1.165, 1.54) is 5.32 Å². The first-order chi connectivity index (χ1) is 7.23. The monoisotopic (exact) mass is 238 g/mol. The summed E-state index contributed by atoms with van der Waals surface area (Å²) >= 11 is 0. The molecule has 1 aromatic rings. The molecule has 0 saturated heterocycles. The fraction of sp³-hybridized carbons (Fsp3) is 0.286. The molecule has 0 aliphatic carbocycles. The van der Waals surface area contributed by atoms with Crippen molar-refractivity contribution >= 4 is 17.8 Å². The van der Waals surface area contributed by atoms with Crippen LogP contribution in [0.2, 0.25) is 0 Å². The molecule has 88 valence electrons. The standard InChI is InChI=1S/C7H5F3N2O4/c1-2-3(5(13)14)12-16-4(2)11-6(15)7(8,9)10/h1H3,(H,11,15)(H,13,14). The Kier molecular flexibility index (Phi) is 2.88. The number of carboxylic acid groups (broad SMARTS) is 1. The number of rotatable bonds is 2. The number of nitrogens with zero attached hydrogens (tertiary/aromatic N) is 1. The second-order valence-corrected chi connectivity index (χ2v) is 2.74. The average Bonchev–Trinajstić information content (AvgIpc) is 2.46. The van der Waals surface area contributed by atoms with Crippen LogP contribution in [-0.2, 0) is 4.79 Å². The van der Waals surface area contributed by atoms with Gasteiger partial charge in [-0.25, -0.2) is 4.79 Å². The highest BCUT2D eigenvalue weighted by molar-refractivity contribution is 5.96. The molecular formula is C7H5F3N2O4. The summed E-state index contributed by atoms with van der Waals surface area (Å²) in [5.74, 6) is -4.36. The molecule has 0 fully saturated rings. The minimum absolute atomic E-state index is 0.190. The third-order valence-corrected chi connectivity index (χ3v) is 1.61. The number of aromatic carboxylic acids is 1. The van der Waals surface area contributed by atoms with Crippen molar-refractivity contribution in [1.29, 1.82) is 0 Å². The fourth-order valence-corrected chi connectivity index (χ4v) is 0.826. The van der Waals surface area contributed by atoms with E-state index in [0.29, 0.717) is 0 Å². The van der Waals surface area contributed by atoms with Gasteiger partial charge in [-0.2, -0.15) is 13.2 Å². The van der Waals surface area contributed by atoms with Crippen LogP contribution in [0.3, 0.4) is 0 Å². The van der Waals surface area contributed by atoms with Crippen LogP contribution in [0.25, 0.3) is 0 Å². The van der Waals surface area contributed by atoms with Crippen LogP contribution in [0.5, 0.6) is 0 Å². The Morgan fingerprint density at radius 2 is 2.00 bits per heavy atom. The van der Waals surface area contributed by atoms with Crippen LogP contribution in [-0.4, -0.2) is 28.3 Å². The SMILES string of the molecule is Cc1c(C(=O)O)noc1NC(=O)C(F)(F)F. The Hall–Kier alpha value is -2.06. The molecule has 0 aromatic carbocycles. The first-order valence-corrected chi connectivity index (χ1v) is 3.81. The van der Waals surface area contributed by atoms with Crippen molar-refractivity contribution in [3.8, 4) is 0 Å². The fourth-order valence-electron chi connectivity index (χ4n) is 0.826. The number of anilines is 1. The van der Waals surface area contributed by atoms with Gasteiger partial charge in [0.2, 0.25) is 5.88 Å². The molecule has 0 radical (unpaired) electrons. The summed E-state index contributed by atoms with van der Waals surface area (Å²) in [6, 6.07) is 0. The molecule has 0 bridgehead atoms. The number of halogens is 3. The van der Waals surface area contributed by atoms with Gasteiger partial charge in [0.1, 0.15) is 0 Å². The molecule has 0 saturated carbocycles. The van der Waals surface area contributed by atoms with Crippen molar-refractivity contribution < 1.29 is 32.4 Å². The van der Waals surface area contributed by atoms with Gasteiger partial charge in [-0.05, 0) is 6.92 Å². The lowest BCUT2D eigenvalue weighted by atomic mass is 10.2. The third-order valence-electron chi connectivity index (χ3n) is 1.61. The molecule has 0 aliphatic heterocycles. The van der Waals surface area contributed by atoms with Crippen molar-refractivity contribution in [2.75, 3.05) is 5.32 Å². The van der Waals surface area contributed by atoms with Crippen molar-refractivity contribution in [3.05, 3.63) is 11.3 Å². The van der Waals surface area contributed by atoms with E-state index in [-0.39, 0.29) is 5.56 Å². The Labute approximate surface area is 86.0 Å². The molecule has 9 heteroatoms. The normalized spacial score (nSPS) is 11.2. The van der Waals surface area contributed by atoms with Gasteiger partial charge in [-0.15, -0.1) is 0 Å². The second kappa shape index (κ2) is 3.83. The number of carbonyl (C=O) groups excluding carboxylic acids is 1. The van der Waals surface area contributed by atoms with E-state index in [2.05, 4.69) is 9.68 Å². The van der Waals surface area contributed by atoms with Crippen LogP contribution in [0.4, 0.5) is 19.1 Å². The molecule has 0 aliphatic rings. The van der Waals surface area contributed by atoms with Crippen LogP contribution in [0.1, 0.15) is 16.1 Å². The maximum Gasteiger partial charge on any atom is 0.471 e. The maximum atomic E-state index is 11.8. The zero-order chi connectivity index (χ0) is 12.5. The molecular weight excluding hydrogens is 233 g/mol. The van der Waals surface area contributed by atoms with Gasteiger partial charge in [0.25, 0.3) is 0 Å². The number of hydrogen-bond acceptors (Lipinski definition) is 4. The lowest BCUT2D eigenvalue weighted by molar-refractivity contribution is -0.167. The summed E-state index contributed by atoms with van der Waals surface area (Å²) < 4.78 is 39.8. The zero-order valence-corrected chi connectivity index (χ0v) is 7.75. The van der Waals surface area contributed by atoms with E-state index in [0.717, 1.165) is 6.92 Å². The highest BCUT2D eigenvalue weighted by atomic mass is 19.4.